The van der Waals surface area contributed by atoms with Crippen molar-refractivity contribution in [2.24, 2.45) is 0 Å². The average molecular weight is 601 g/mol. The molecule has 8 heteroatoms. The number of amides is 2. The molecule has 2 amide bonds. The fourth-order valence-corrected chi connectivity index (χ4v) is 6.37. The van der Waals surface area contributed by atoms with Gasteiger partial charge in [-0.2, -0.15) is 0 Å². The molecule has 226 valence electrons. The number of rotatable bonds is 11. The number of nitrogens with one attached hydrogen (secondary N) is 1. The predicted molar refractivity (Wildman–Crippen MR) is 172 cm³/mol. The smallest absolute Gasteiger partial charge is 0.290 e. The van der Waals surface area contributed by atoms with Gasteiger partial charge in [-0.05, 0) is 105 Å². The molecule has 3 aromatic carbocycles. The van der Waals surface area contributed by atoms with E-state index >= 15 is 0 Å². The summed E-state index contributed by atoms with van der Waals surface area (Å²) in [6.45, 7) is 14.4. The summed E-state index contributed by atoms with van der Waals surface area (Å²) in [6.07, 6.45) is 3.59. The maximum absolute atomic E-state index is 11.8. The highest BCUT2D eigenvalue weighted by Gasteiger charge is 2.36. The third-order valence-electron chi connectivity index (χ3n) is 8.29. The van der Waals surface area contributed by atoms with Gasteiger partial charge < -0.3 is 14.2 Å². The van der Waals surface area contributed by atoms with Gasteiger partial charge in [0.1, 0.15) is 36.1 Å². The molecular weight excluding hydrogens is 560 g/mol. The zero-order chi connectivity index (χ0) is 30.6. The number of benzene rings is 3. The minimum absolute atomic E-state index is 0.305. The maximum Gasteiger partial charge on any atom is 0.290 e. The number of hydrogen-bond donors (Lipinski definition) is 1. The molecule has 1 atom stereocenters. The maximum atomic E-state index is 11.8. The number of nitrogens with zero attached hydrogens (tertiary/aromatic N) is 1. The van der Waals surface area contributed by atoms with Crippen LogP contribution in [0.4, 0.5) is 4.79 Å². The Bertz CT molecular complexity index is 1520. The molecule has 2 aliphatic rings. The van der Waals surface area contributed by atoms with Crippen molar-refractivity contribution in [2.75, 3.05) is 26.2 Å². The lowest BCUT2D eigenvalue weighted by atomic mass is 9.86. The van der Waals surface area contributed by atoms with Gasteiger partial charge in [0.2, 0.25) is 0 Å². The molecule has 5 rings (SSSR count). The highest BCUT2D eigenvalue weighted by atomic mass is 32.2. The lowest BCUT2D eigenvalue weighted by molar-refractivity contribution is -0.115. The van der Waals surface area contributed by atoms with E-state index in [2.05, 4.69) is 57.0 Å². The Hall–Kier alpha value is -3.75. The summed E-state index contributed by atoms with van der Waals surface area (Å²) in [5.41, 5.74) is 6.42. The lowest BCUT2D eigenvalue weighted by Gasteiger charge is -2.41. The first-order valence-electron chi connectivity index (χ1n) is 14.8. The van der Waals surface area contributed by atoms with Gasteiger partial charge in [-0.15, -0.1) is 0 Å². The molecule has 3 aromatic rings. The van der Waals surface area contributed by atoms with E-state index in [0.717, 1.165) is 83.7 Å². The van der Waals surface area contributed by atoms with Crippen molar-refractivity contribution in [1.82, 2.24) is 10.2 Å². The molecule has 1 unspecified atom stereocenters. The highest BCUT2D eigenvalue weighted by Crippen LogP contribution is 2.44. The van der Waals surface area contributed by atoms with Crippen LogP contribution in [-0.2, 0) is 17.8 Å². The van der Waals surface area contributed by atoms with Crippen LogP contribution >= 0.6 is 11.8 Å². The molecule has 1 N–H and O–H groups in total. The van der Waals surface area contributed by atoms with Gasteiger partial charge in [0, 0.05) is 18.7 Å². The molecule has 1 fully saturated rings. The molecule has 0 bridgehead atoms. The van der Waals surface area contributed by atoms with Gasteiger partial charge in [0.05, 0.1) is 4.91 Å². The number of likely N-dealkylation sites (N-methyl/N-ethyl adjacent to an activating group) is 1. The quantitative estimate of drug-likeness (QED) is 0.238. The number of fused-ring (bicyclic) bond motifs is 1. The third kappa shape index (κ3) is 7.25. The molecule has 0 aliphatic carbocycles. The van der Waals surface area contributed by atoms with E-state index in [0.29, 0.717) is 18.1 Å². The average Bonchev–Trinajstić information content (AvgIpc) is 3.32. The Labute approximate surface area is 258 Å². The number of ether oxygens (including phenoxy) is 3. The number of carbonyl (C=O) groups excluding carboxylic acids is 2. The molecule has 0 saturated carbocycles. The van der Waals surface area contributed by atoms with Gasteiger partial charge in [-0.25, -0.2) is 0 Å². The number of hydrogen-bond acceptors (Lipinski definition) is 7. The van der Waals surface area contributed by atoms with Crippen LogP contribution in [0.15, 0.2) is 59.5 Å². The number of thioether (sulfide) groups is 1. The van der Waals surface area contributed by atoms with E-state index in [4.69, 9.17) is 14.2 Å². The fourth-order valence-electron chi connectivity index (χ4n) is 5.69. The van der Waals surface area contributed by atoms with Crippen LogP contribution in [0.25, 0.3) is 6.08 Å². The zero-order valence-electron chi connectivity index (χ0n) is 25.6. The first-order chi connectivity index (χ1) is 20.7. The second-order valence-corrected chi connectivity index (χ2v) is 12.5. The first-order valence-corrected chi connectivity index (χ1v) is 15.7. The summed E-state index contributed by atoms with van der Waals surface area (Å²) < 4.78 is 19.2. The molecule has 43 heavy (non-hydrogen) atoms. The van der Waals surface area contributed by atoms with Gasteiger partial charge >= 0.3 is 0 Å². The fraction of sp³-hybridized carbons (Fsp3) is 0.371. The summed E-state index contributed by atoms with van der Waals surface area (Å²) in [7, 11) is 0. The molecule has 1 saturated heterocycles. The van der Waals surface area contributed by atoms with Crippen LogP contribution in [0.2, 0.25) is 0 Å². The Balaban J connectivity index is 1.17. The van der Waals surface area contributed by atoms with Crippen molar-refractivity contribution in [1.29, 1.82) is 0 Å². The van der Waals surface area contributed by atoms with Crippen LogP contribution in [0.5, 0.6) is 17.2 Å². The largest absolute Gasteiger partial charge is 0.492 e. The SMILES string of the molecule is CCN(CCOc1ccc(/C=C2/SC(=O)NC2=O)cc1)CC1(C)CCc2c(C)c(OCc3ccccc3)c(C)c(C)c2O1. The summed E-state index contributed by atoms with van der Waals surface area (Å²) in [5, 5.41) is 1.93. The van der Waals surface area contributed by atoms with Crippen molar-refractivity contribution in [3.05, 3.63) is 92.9 Å². The Kier molecular flexibility index (Phi) is 9.47. The third-order valence-corrected chi connectivity index (χ3v) is 9.10. The Morgan fingerprint density at radius 3 is 2.42 bits per heavy atom. The first kappa shape index (κ1) is 30.7. The van der Waals surface area contributed by atoms with Gasteiger partial charge in [0.25, 0.3) is 11.1 Å². The molecule has 0 radical (unpaired) electrons. The summed E-state index contributed by atoms with van der Waals surface area (Å²) >= 11 is 0.915. The van der Waals surface area contributed by atoms with E-state index in [9.17, 15) is 9.59 Å². The van der Waals surface area contributed by atoms with Gasteiger partial charge in [-0.1, -0.05) is 49.4 Å². The van der Waals surface area contributed by atoms with Crippen LogP contribution < -0.4 is 19.5 Å². The molecule has 0 spiro atoms. The van der Waals surface area contributed by atoms with Crippen LogP contribution in [0.3, 0.4) is 0 Å². The number of carbonyl (C=O) groups is 2. The van der Waals surface area contributed by atoms with E-state index in [-0.39, 0.29) is 16.7 Å². The molecule has 2 heterocycles. The van der Waals surface area contributed by atoms with E-state index in [1.54, 1.807) is 6.08 Å². The Morgan fingerprint density at radius 1 is 1.00 bits per heavy atom. The monoisotopic (exact) mass is 600 g/mol. The zero-order valence-corrected chi connectivity index (χ0v) is 26.4. The number of imide groups is 1. The van der Waals surface area contributed by atoms with Crippen molar-refractivity contribution >= 4 is 29.0 Å². The van der Waals surface area contributed by atoms with Crippen LogP contribution in [0.1, 0.15) is 53.6 Å². The second kappa shape index (κ2) is 13.3. The molecule has 0 aromatic heterocycles. The standard InChI is InChI=1S/C35H40N2O5S/c1-6-37(18-19-40-28-14-12-26(13-15-28)20-30-33(38)36-34(39)43-30)22-35(5)17-16-29-25(4)31(23(2)24(3)32(29)42-35)41-21-27-10-8-7-9-11-27/h7-15,20H,6,16-19,21-22H2,1-5H3,(H,36,38,39)/b30-20+. The van der Waals surface area contributed by atoms with E-state index in [1.807, 2.05) is 42.5 Å². The topological polar surface area (TPSA) is 77.1 Å². The van der Waals surface area contributed by atoms with Crippen LogP contribution in [0, 0.1) is 20.8 Å². The summed E-state index contributed by atoms with van der Waals surface area (Å²) in [4.78, 5) is 25.9. The van der Waals surface area contributed by atoms with Gasteiger partial charge in [0.15, 0.2) is 0 Å². The van der Waals surface area contributed by atoms with Gasteiger partial charge in [-0.3, -0.25) is 19.8 Å². The lowest BCUT2D eigenvalue weighted by Crippen LogP contribution is -2.48. The molecule has 7 nitrogen and oxygen atoms in total. The summed E-state index contributed by atoms with van der Waals surface area (Å²) in [5.74, 6) is 2.39. The minimum atomic E-state index is -0.354. The summed E-state index contributed by atoms with van der Waals surface area (Å²) in [6, 6.07) is 17.8. The predicted octanol–water partition coefficient (Wildman–Crippen LogP) is 7.00. The normalized spacial score (nSPS) is 18.9. The Morgan fingerprint density at radius 2 is 1.74 bits per heavy atom. The molecule has 2 aliphatic heterocycles. The van der Waals surface area contributed by atoms with Crippen LogP contribution in [-0.4, -0.2) is 47.9 Å². The van der Waals surface area contributed by atoms with Crippen molar-refractivity contribution in [3.8, 4) is 17.2 Å². The van der Waals surface area contributed by atoms with Crippen molar-refractivity contribution in [3.63, 3.8) is 0 Å². The highest BCUT2D eigenvalue weighted by molar-refractivity contribution is 8.18. The second-order valence-electron chi connectivity index (χ2n) is 11.5. The molecular formula is C35H40N2O5S. The van der Waals surface area contributed by atoms with E-state index in [1.165, 1.54) is 11.1 Å². The van der Waals surface area contributed by atoms with Crippen molar-refractivity contribution < 1.29 is 23.8 Å². The van der Waals surface area contributed by atoms with E-state index < -0.39 is 0 Å². The minimum Gasteiger partial charge on any atom is -0.492 e. The van der Waals surface area contributed by atoms with Crippen molar-refractivity contribution in [2.45, 2.75) is 59.7 Å².